The van der Waals surface area contributed by atoms with E-state index in [1.807, 2.05) is 0 Å². The van der Waals surface area contributed by atoms with Gasteiger partial charge < -0.3 is 0 Å². The number of nitro groups is 1. The van der Waals surface area contributed by atoms with Crippen LogP contribution in [0.3, 0.4) is 0 Å². The Morgan fingerprint density at radius 1 is 0.943 bits per heavy atom. The van der Waals surface area contributed by atoms with Crippen LogP contribution in [0.4, 0.5) is 11.4 Å². The number of rotatable bonds is 6. The molecule has 3 heterocycles. The Morgan fingerprint density at radius 3 is 2.51 bits per heavy atom. The van der Waals surface area contributed by atoms with Gasteiger partial charge in [0.1, 0.15) is 0 Å². The first kappa shape index (κ1) is 22.1. The topological polar surface area (TPSA) is 145 Å². The van der Waals surface area contributed by atoms with E-state index in [1.165, 1.54) is 12.1 Å². The Balaban J connectivity index is 1.50. The van der Waals surface area contributed by atoms with Crippen LogP contribution in [0.15, 0.2) is 84.0 Å². The molecule has 174 valence electrons. The fraction of sp³-hybridized carbons (Fsp3) is 0.0435. The van der Waals surface area contributed by atoms with Gasteiger partial charge in [0.15, 0.2) is 11.5 Å². The van der Waals surface area contributed by atoms with Gasteiger partial charge in [-0.15, -0.1) is 10.2 Å². The molecule has 0 saturated heterocycles. The zero-order valence-corrected chi connectivity index (χ0v) is 19.0. The standard InChI is InChI=1S/C23H17N7O4S/c1-15-5-6-19(30(31)32)14-21(15)35(33,34)28-18-4-2-3-17(13-18)20-7-8-22-25-26-23(29(22)27-20)16-9-11-24-12-10-16/h2-14,28H,1H3. The van der Waals surface area contributed by atoms with E-state index >= 15 is 0 Å². The van der Waals surface area contributed by atoms with Gasteiger partial charge in [-0.25, -0.2) is 8.42 Å². The number of sulfonamides is 1. The Kier molecular flexibility index (Phi) is 5.41. The smallest absolute Gasteiger partial charge is 0.270 e. The number of hydrogen-bond donors (Lipinski definition) is 1. The van der Waals surface area contributed by atoms with E-state index < -0.39 is 14.9 Å². The second-order valence-corrected chi connectivity index (χ2v) is 9.29. The molecule has 0 radical (unpaired) electrons. The summed E-state index contributed by atoms with van der Waals surface area (Å²) < 4.78 is 30.1. The molecule has 0 atom stereocenters. The Bertz CT molecular complexity index is 1690. The number of non-ortho nitro benzene ring substituents is 1. The van der Waals surface area contributed by atoms with Crippen molar-refractivity contribution in [3.8, 4) is 22.6 Å². The first-order valence-electron chi connectivity index (χ1n) is 10.3. The molecule has 11 nitrogen and oxygen atoms in total. The molecule has 35 heavy (non-hydrogen) atoms. The van der Waals surface area contributed by atoms with E-state index in [0.29, 0.717) is 28.3 Å². The van der Waals surface area contributed by atoms with Crippen LogP contribution in [0.2, 0.25) is 0 Å². The fourth-order valence-corrected chi connectivity index (χ4v) is 4.88. The van der Waals surface area contributed by atoms with Crippen LogP contribution in [0, 0.1) is 17.0 Å². The molecule has 12 heteroatoms. The van der Waals surface area contributed by atoms with Gasteiger partial charge >= 0.3 is 0 Å². The summed E-state index contributed by atoms with van der Waals surface area (Å²) in [5, 5.41) is 24.1. The maximum absolute atomic E-state index is 13.0. The lowest BCUT2D eigenvalue weighted by Gasteiger charge is -2.11. The summed E-state index contributed by atoms with van der Waals surface area (Å²) in [6.07, 6.45) is 3.30. The highest BCUT2D eigenvalue weighted by Gasteiger charge is 2.21. The summed E-state index contributed by atoms with van der Waals surface area (Å²) in [6.45, 7) is 1.58. The van der Waals surface area contributed by atoms with Crippen LogP contribution >= 0.6 is 0 Å². The highest BCUT2D eigenvalue weighted by Crippen LogP contribution is 2.27. The number of nitrogens with one attached hydrogen (secondary N) is 1. The Hall–Kier alpha value is -4.71. The van der Waals surface area contributed by atoms with Crippen LogP contribution < -0.4 is 4.72 Å². The van der Waals surface area contributed by atoms with E-state index in [9.17, 15) is 18.5 Å². The SMILES string of the molecule is Cc1ccc([N+](=O)[O-])cc1S(=O)(=O)Nc1cccc(-c2ccc3nnc(-c4ccncc4)n3n2)c1. The predicted octanol–water partition coefficient (Wildman–Crippen LogP) is 3.87. The zero-order valence-electron chi connectivity index (χ0n) is 18.2. The number of aromatic nitrogens is 5. The number of fused-ring (bicyclic) bond motifs is 1. The van der Waals surface area contributed by atoms with Gasteiger partial charge in [-0.3, -0.25) is 19.8 Å². The van der Waals surface area contributed by atoms with E-state index in [0.717, 1.165) is 11.6 Å². The number of pyridine rings is 1. The molecule has 0 aliphatic carbocycles. The monoisotopic (exact) mass is 487 g/mol. The van der Waals surface area contributed by atoms with Gasteiger partial charge in [0, 0.05) is 41.3 Å². The zero-order chi connectivity index (χ0) is 24.6. The maximum atomic E-state index is 13.0. The molecule has 3 aromatic heterocycles. The van der Waals surface area contributed by atoms with Gasteiger partial charge in [0.05, 0.1) is 15.5 Å². The molecule has 5 aromatic rings. The summed E-state index contributed by atoms with van der Waals surface area (Å²) in [7, 11) is -4.07. The van der Waals surface area contributed by atoms with Crippen molar-refractivity contribution < 1.29 is 13.3 Å². The number of nitro benzene ring substituents is 1. The molecular weight excluding hydrogens is 470 g/mol. The summed E-state index contributed by atoms with van der Waals surface area (Å²) in [6, 6.07) is 17.6. The van der Waals surface area contributed by atoms with Crippen molar-refractivity contribution in [1.82, 2.24) is 24.8 Å². The molecule has 0 aliphatic heterocycles. The molecular formula is C23H17N7O4S. The molecule has 0 unspecified atom stereocenters. The highest BCUT2D eigenvalue weighted by atomic mass is 32.2. The summed E-state index contributed by atoms with van der Waals surface area (Å²) >= 11 is 0. The number of hydrogen-bond acceptors (Lipinski definition) is 8. The predicted molar refractivity (Wildman–Crippen MR) is 128 cm³/mol. The lowest BCUT2D eigenvalue weighted by atomic mass is 10.1. The minimum absolute atomic E-state index is 0.164. The molecule has 2 aromatic carbocycles. The summed E-state index contributed by atoms with van der Waals surface area (Å²) in [5.74, 6) is 0.544. The average molecular weight is 488 g/mol. The number of nitrogens with zero attached hydrogens (tertiary/aromatic N) is 6. The van der Waals surface area contributed by atoms with Gasteiger partial charge in [-0.05, 0) is 48.9 Å². The molecule has 0 aliphatic rings. The van der Waals surface area contributed by atoms with Crippen molar-refractivity contribution in [3.05, 3.63) is 94.8 Å². The van der Waals surface area contributed by atoms with Crippen LogP contribution in [-0.2, 0) is 10.0 Å². The van der Waals surface area contributed by atoms with Crippen molar-refractivity contribution in [3.63, 3.8) is 0 Å². The molecule has 1 N–H and O–H groups in total. The second kappa shape index (κ2) is 8.57. The largest absolute Gasteiger partial charge is 0.280 e. The van der Waals surface area contributed by atoms with Crippen molar-refractivity contribution in [2.24, 2.45) is 0 Å². The Morgan fingerprint density at radius 2 is 1.74 bits per heavy atom. The second-order valence-electron chi connectivity index (χ2n) is 7.64. The van der Waals surface area contributed by atoms with E-state index in [-0.39, 0.29) is 16.3 Å². The quantitative estimate of drug-likeness (QED) is 0.281. The van der Waals surface area contributed by atoms with Crippen LogP contribution in [0.5, 0.6) is 0 Å². The van der Waals surface area contributed by atoms with Crippen LogP contribution in [0.1, 0.15) is 5.56 Å². The maximum Gasteiger partial charge on any atom is 0.270 e. The minimum atomic E-state index is -4.07. The van der Waals surface area contributed by atoms with Gasteiger partial charge in [-0.2, -0.15) is 9.61 Å². The highest BCUT2D eigenvalue weighted by molar-refractivity contribution is 7.92. The minimum Gasteiger partial charge on any atom is -0.280 e. The average Bonchev–Trinajstić information content (AvgIpc) is 3.28. The number of benzene rings is 2. The molecule has 0 saturated carbocycles. The molecule has 0 spiro atoms. The van der Waals surface area contributed by atoms with Crippen molar-refractivity contribution in [1.29, 1.82) is 0 Å². The van der Waals surface area contributed by atoms with Crippen LogP contribution in [0.25, 0.3) is 28.3 Å². The molecule has 0 bridgehead atoms. The Labute approximate surface area is 199 Å². The molecule has 0 amide bonds. The van der Waals surface area contributed by atoms with Gasteiger partial charge in [0.2, 0.25) is 0 Å². The summed E-state index contributed by atoms with van der Waals surface area (Å²) in [4.78, 5) is 14.3. The van der Waals surface area contributed by atoms with Gasteiger partial charge in [-0.1, -0.05) is 18.2 Å². The fourth-order valence-electron chi connectivity index (χ4n) is 3.57. The lowest BCUT2D eigenvalue weighted by molar-refractivity contribution is -0.385. The lowest BCUT2D eigenvalue weighted by Crippen LogP contribution is -2.14. The number of anilines is 1. The van der Waals surface area contributed by atoms with E-state index in [1.54, 1.807) is 72.4 Å². The van der Waals surface area contributed by atoms with Crippen LogP contribution in [-0.4, -0.2) is 38.1 Å². The van der Waals surface area contributed by atoms with Gasteiger partial charge in [0.25, 0.3) is 15.7 Å². The number of aryl methyl sites for hydroxylation is 1. The third-order valence-electron chi connectivity index (χ3n) is 5.28. The molecule has 0 fully saturated rings. The van der Waals surface area contributed by atoms with Crippen molar-refractivity contribution in [2.45, 2.75) is 11.8 Å². The van der Waals surface area contributed by atoms with Crippen molar-refractivity contribution in [2.75, 3.05) is 4.72 Å². The van der Waals surface area contributed by atoms with E-state index in [4.69, 9.17) is 0 Å². The first-order valence-corrected chi connectivity index (χ1v) is 11.8. The third kappa shape index (κ3) is 4.29. The first-order chi connectivity index (χ1) is 16.8. The van der Waals surface area contributed by atoms with Crippen molar-refractivity contribution >= 4 is 27.0 Å². The summed E-state index contributed by atoms with van der Waals surface area (Å²) in [5.41, 5.74) is 2.94. The third-order valence-corrected chi connectivity index (χ3v) is 6.81. The van der Waals surface area contributed by atoms with E-state index in [2.05, 4.69) is 25.0 Å². The molecule has 5 rings (SSSR count). The normalized spacial score (nSPS) is 11.5.